The molecule has 0 fully saturated rings. The van der Waals surface area contributed by atoms with Gasteiger partial charge in [0, 0.05) is 38.1 Å². The Kier molecular flexibility index (Phi) is 5.58. The van der Waals surface area contributed by atoms with Gasteiger partial charge in [-0.3, -0.25) is 0 Å². The first-order valence-electron chi connectivity index (χ1n) is 8.24. The number of anilines is 3. The molecule has 0 aliphatic carbocycles. The van der Waals surface area contributed by atoms with Crippen molar-refractivity contribution in [1.29, 1.82) is 0 Å². The number of aromatic nitrogens is 4. The van der Waals surface area contributed by atoms with Crippen molar-refractivity contribution in [3.63, 3.8) is 0 Å². The van der Waals surface area contributed by atoms with E-state index in [0.29, 0.717) is 12.6 Å². The van der Waals surface area contributed by atoms with Gasteiger partial charge >= 0.3 is 0 Å². The standard InChI is InChI=1S/C18H22N6O/c1-3-23(11-12-25-2)17-13-15(9-10-19-17)21-18-20-14-24(22-18)16-7-5-4-6-8-16/h4-10,13-14H,3,11-12H2,1-2H3,(H,19,21,22). The second-order valence-corrected chi connectivity index (χ2v) is 5.45. The fourth-order valence-electron chi connectivity index (χ4n) is 2.46. The fraction of sp³-hybridized carbons (Fsp3) is 0.278. The molecule has 0 aliphatic heterocycles. The van der Waals surface area contributed by atoms with Gasteiger partial charge in [-0.2, -0.15) is 4.98 Å². The van der Waals surface area contributed by atoms with Crippen LogP contribution in [0.1, 0.15) is 6.92 Å². The first-order valence-corrected chi connectivity index (χ1v) is 8.24. The topological polar surface area (TPSA) is 68.1 Å². The van der Waals surface area contributed by atoms with Crippen molar-refractivity contribution in [2.75, 3.05) is 37.0 Å². The highest BCUT2D eigenvalue weighted by Crippen LogP contribution is 2.19. The molecular weight excluding hydrogens is 316 g/mol. The van der Waals surface area contributed by atoms with Crippen LogP contribution in [0.5, 0.6) is 0 Å². The van der Waals surface area contributed by atoms with Crippen LogP contribution in [0.3, 0.4) is 0 Å². The van der Waals surface area contributed by atoms with Gasteiger partial charge in [0.1, 0.15) is 12.1 Å². The van der Waals surface area contributed by atoms with Crippen molar-refractivity contribution in [3.8, 4) is 5.69 Å². The zero-order valence-electron chi connectivity index (χ0n) is 14.5. The number of nitrogens with one attached hydrogen (secondary N) is 1. The summed E-state index contributed by atoms with van der Waals surface area (Å²) >= 11 is 0. The summed E-state index contributed by atoms with van der Waals surface area (Å²) in [7, 11) is 1.70. The Labute approximate surface area is 147 Å². The molecule has 0 atom stereocenters. The molecule has 0 aliphatic rings. The molecule has 130 valence electrons. The van der Waals surface area contributed by atoms with Gasteiger partial charge in [-0.05, 0) is 25.1 Å². The van der Waals surface area contributed by atoms with Gasteiger partial charge in [0.15, 0.2) is 0 Å². The lowest BCUT2D eigenvalue weighted by Gasteiger charge is -2.21. The highest BCUT2D eigenvalue weighted by molar-refractivity contribution is 5.58. The molecule has 25 heavy (non-hydrogen) atoms. The minimum absolute atomic E-state index is 0.543. The number of hydrogen-bond acceptors (Lipinski definition) is 6. The number of ether oxygens (including phenoxy) is 1. The Morgan fingerprint density at radius 2 is 2.00 bits per heavy atom. The lowest BCUT2D eigenvalue weighted by atomic mass is 10.3. The number of hydrogen-bond donors (Lipinski definition) is 1. The van der Waals surface area contributed by atoms with Crippen molar-refractivity contribution in [2.45, 2.75) is 6.92 Å². The van der Waals surface area contributed by atoms with Crippen LogP contribution in [0.4, 0.5) is 17.5 Å². The first-order chi connectivity index (χ1) is 12.3. The van der Waals surface area contributed by atoms with Crippen LogP contribution in [0.2, 0.25) is 0 Å². The average molecular weight is 338 g/mol. The molecule has 0 radical (unpaired) electrons. The van der Waals surface area contributed by atoms with E-state index in [2.05, 4.69) is 32.2 Å². The lowest BCUT2D eigenvalue weighted by Crippen LogP contribution is -2.27. The van der Waals surface area contributed by atoms with E-state index < -0.39 is 0 Å². The van der Waals surface area contributed by atoms with Crippen LogP contribution in [-0.2, 0) is 4.74 Å². The van der Waals surface area contributed by atoms with Crippen molar-refractivity contribution < 1.29 is 4.74 Å². The smallest absolute Gasteiger partial charge is 0.246 e. The molecule has 0 spiro atoms. The fourth-order valence-corrected chi connectivity index (χ4v) is 2.46. The Morgan fingerprint density at radius 1 is 1.16 bits per heavy atom. The van der Waals surface area contributed by atoms with Crippen molar-refractivity contribution in [1.82, 2.24) is 19.7 Å². The number of para-hydroxylation sites is 1. The molecular formula is C18H22N6O. The zero-order valence-corrected chi connectivity index (χ0v) is 14.5. The van der Waals surface area contributed by atoms with Crippen molar-refractivity contribution in [3.05, 3.63) is 55.0 Å². The van der Waals surface area contributed by atoms with Crippen LogP contribution in [0.15, 0.2) is 55.0 Å². The van der Waals surface area contributed by atoms with Crippen LogP contribution in [0, 0.1) is 0 Å². The number of likely N-dealkylation sites (N-methyl/N-ethyl adjacent to an activating group) is 1. The van der Waals surface area contributed by atoms with E-state index in [1.54, 1.807) is 24.3 Å². The van der Waals surface area contributed by atoms with Crippen LogP contribution in [-0.4, -0.2) is 46.6 Å². The molecule has 7 heteroatoms. The number of rotatable bonds is 8. The van der Waals surface area contributed by atoms with E-state index in [-0.39, 0.29) is 0 Å². The molecule has 7 nitrogen and oxygen atoms in total. The summed E-state index contributed by atoms with van der Waals surface area (Å²) in [5.74, 6) is 1.44. The van der Waals surface area contributed by atoms with Crippen LogP contribution < -0.4 is 10.2 Å². The first kappa shape index (κ1) is 16.9. The zero-order chi connectivity index (χ0) is 17.5. The third-order valence-corrected chi connectivity index (χ3v) is 3.79. The van der Waals surface area contributed by atoms with Gasteiger partial charge in [-0.1, -0.05) is 18.2 Å². The predicted octanol–water partition coefficient (Wildman–Crippen LogP) is 2.88. The number of nitrogens with zero attached hydrogens (tertiary/aromatic N) is 5. The molecule has 3 rings (SSSR count). The normalized spacial score (nSPS) is 10.6. The maximum absolute atomic E-state index is 5.16. The van der Waals surface area contributed by atoms with Gasteiger partial charge in [-0.25, -0.2) is 9.67 Å². The third kappa shape index (κ3) is 4.33. The SMILES string of the molecule is CCN(CCOC)c1cc(Nc2ncn(-c3ccccc3)n2)ccn1. The molecule has 0 amide bonds. The van der Waals surface area contributed by atoms with Crippen LogP contribution >= 0.6 is 0 Å². The molecule has 1 N–H and O–H groups in total. The van der Waals surface area contributed by atoms with Gasteiger partial charge in [0.2, 0.25) is 5.95 Å². The molecule has 0 saturated heterocycles. The Morgan fingerprint density at radius 3 is 2.76 bits per heavy atom. The van der Waals surface area contributed by atoms with E-state index in [9.17, 15) is 0 Å². The highest BCUT2D eigenvalue weighted by Gasteiger charge is 2.08. The van der Waals surface area contributed by atoms with Gasteiger partial charge in [0.25, 0.3) is 0 Å². The Balaban J connectivity index is 1.73. The molecule has 3 aromatic rings. The third-order valence-electron chi connectivity index (χ3n) is 3.79. The largest absolute Gasteiger partial charge is 0.383 e. The van der Waals surface area contributed by atoms with Crippen molar-refractivity contribution >= 4 is 17.5 Å². The summed E-state index contributed by atoms with van der Waals surface area (Å²) in [6.45, 7) is 4.42. The number of benzene rings is 1. The number of pyridine rings is 1. The monoisotopic (exact) mass is 338 g/mol. The summed E-state index contributed by atoms with van der Waals surface area (Å²) in [5.41, 5.74) is 1.86. The quantitative estimate of drug-likeness (QED) is 0.681. The molecule has 1 aromatic carbocycles. The second-order valence-electron chi connectivity index (χ2n) is 5.45. The number of methoxy groups -OCH3 is 1. The molecule has 0 bridgehead atoms. The molecule has 2 heterocycles. The van der Waals surface area contributed by atoms with E-state index >= 15 is 0 Å². The van der Waals surface area contributed by atoms with Gasteiger partial charge in [0.05, 0.1) is 12.3 Å². The van der Waals surface area contributed by atoms with E-state index in [1.807, 2.05) is 42.5 Å². The Bertz CT molecular complexity index is 789. The Hall–Kier alpha value is -2.93. The van der Waals surface area contributed by atoms with Gasteiger partial charge < -0.3 is 15.0 Å². The van der Waals surface area contributed by atoms with E-state index in [4.69, 9.17) is 4.74 Å². The van der Waals surface area contributed by atoms with E-state index in [0.717, 1.165) is 30.3 Å². The molecule has 2 aromatic heterocycles. The van der Waals surface area contributed by atoms with E-state index in [1.165, 1.54) is 0 Å². The van der Waals surface area contributed by atoms with Gasteiger partial charge in [-0.15, -0.1) is 5.10 Å². The molecule has 0 saturated carbocycles. The van der Waals surface area contributed by atoms with Crippen LogP contribution in [0.25, 0.3) is 5.69 Å². The summed E-state index contributed by atoms with van der Waals surface area (Å²) in [6.07, 6.45) is 3.47. The summed E-state index contributed by atoms with van der Waals surface area (Å²) in [6, 6.07) is 13.8. The predicted molar refractivity (Wildman–Crippen MR) is 98.6 cm³/mol. The maximum atomic E-state index is 5.16. The average Bonchev–Trinajstić information content (AvgIpc) is 3.12. The van der Waals surface area contributed by atoms with Crippen molar-refractivity contribution in [2.24, 2.45) is 0 Å². The second kappa shape index (κ2) is 8.25. The lowest BCUT2D eigenvalue weighted by molar-refractivity contribution is 0.205. The maximum Gasteiger partial charge on any atom is 0.246 e. The summed E-state index contributed by atoms with van der Waals surface area (Å²) in [5, 5.41) is 7.69. The summed E-state index contributed by atoms with van der Waals surface area (Å²) < 4.78 is 6.90. The summed E-state index contributed by atoms with van der Waals surface area (Å²) in [4.78, 5) is 10.9. The molecule has 0 unspecified atom stereocenters. The highest BCUT2D eigenvalue weighted by atomic mass is 16.5. The minimum Gasteiger partial charge on any atom is -0.383 e. The minimum atomic E-state index is 0.543.